The highest BCUT2D eigenvalue weighted by Gasteiger charge is 2.06. The molecule has 0 aromatic carbocycles. The average molecular weight is 190 g/mol. The molecule has 0 bridgehead atoms. The van der Waals surface area contributed by atoms with Crippen LogP contribution >= 0.6 is 0 Å². The summed E-state index contributed by atoms with van der Waals surface area (Å²) < 4.78 is 0. The first-order valence-electron chi connectivity index (χ1n) is 4.67. The highest BCUT2D eigenvalue weighted by atomic mass is 16.1. The summed E-state index contributed by atoms with van der Waals surface area (Å²) in [4.78, 5) is 19.5. The van der Waals surface area contributed by atoms with Crippen molar-refractivity contribution in [1.29, 1.82) is 0 Å². The molecule has 0 N–H and O–H groups in total. The molecule has 0 radical (unpaired) electrons. The lowest BCUT2D eigenvalue weighted by Gasteiger charge is -1.98. The van der Waals surface area contributed by atoms with Crippen LogP contribution in [0.2, 0.25) is 0 Å². The zero-order valence-corrected chi connectivity index (χ0v) is 8.36. The van der Waals surface area contributed by atoms with Gasteiger partial charge in [-0.15, -0.1) is 6.58 Å². The highest BCUT2D eigenvalue weighted by Crippen LogP contribution is 2.03. The molecule has 0 unspecified atom stereocenters. The number of carbonyl (C=O) groups excluding carboxylic acids is 1. The van der Waals surface area contributed by atoms with E-state index in [1.54, 1.807) is 6.20 Å². The number of nitrogens with zero attached hydrogens (tertiary/aromatic N) is 2. The number of ketones is 1. The first kappa shape index (κ1) is 10.6. The van der Waals surface area contributed by atoms with Crippen LogP contribution in [0.4, 0.5) is 0 Å². The second-order valence-electron chi connectivity index (χ2n) is 3.15. The molecule has 1 aromatic heterocycles. The van der Waals surface area contributed by atoms with Crippen molar-refractivity contribution in [2.24, 2.45) is 0 Å². The van der Waals surface area contributed by atoms with Crippen molar-refractivity contribution in [3.05, 3.63) is 36.4 Å². The Morgan fingerprint density at radius 2 is 2.29 bits per heavy atom. The topological polar surface area (TPSA) is 42.9 Å². The molecule has 0 aliphatic heterocycles. The number of hydrogen-bond acceptors (Lipinski definition) is 3. The predicted molar refractivity (Wildman–Crippen MR) is 55.1 cm³/mol. The normalized spacial score (nSPS) is 9.79. The SMILES string of the molecule is C=CCCCC(=O)c1cnc(C)cn1. The number of aromatic nitrogens is 2. The zero-order chi connectivity index (χ0) is 10.4. The second kappa shape index (κ2) is 5.27. The molecule has 0 fully saturated rings. The van der Waals surface area contributed by atoms with Gasteiger partial charge in [0.2, 0.25) is 0 Å². The minimum atomic E-state index is 0.0550. The molecule has 1 rings (SSSR count). The van der Waals surface area contributed by atoms with Crippen LogP contribution in [0.25, 0.3) is 0 Å². The third kappa shape index (κ3) is 3.09. The molecule has 0 aliphatic carbocycles. The summed E-state index contributed by atoms with van der Waals surface area (Å²) in [5.41, 5.74) is 1.28. The largest absolute Gasteiger partial charge is 0.292 e. The Kier molecular flexibility index (Phi) is 3.98. The number of aryl methyl sites for hydroxylation is 1. The van der Waals surface area contributed by atoms with Crippen LogP contribution < -0.4 is 0 Å². The molecular formula is C11H14N2O. The van der Waals surface area contributed by atoms with E-state index in [1.807, 2.05) is 13.0 Å². The van der Waals surface area contributed by atoms with Gasteiger partial charge < -0.3 is 0 Å². The number of unbranched alkanes of at least 4 members (excludes halogenated alkanes) is 1. The Labute approximate surface area is 83.9 Å². The van der Waals surface area contributed by atoms with Crippen molar-refractivity contribution in [1.82, 2.24) is 9.97 Å². The molecule has 0 spiro atoms. The van der Waals surface area contributed by atoms with Gasteiger partial charge in [0.1, 0.15) is 5.69 Å². The van der Waals surface area contributed by atoms with E-state index in [1.165, 1.54) is 6.20 Å². The summed E-state index contributed by atoms with van der Waals surface area (Å²) in [6.07, 6.45) is 7.17. The molecule has 0 saturated carbocycles. The van der Waals surface area contributed by atoms with E-state index < -0.39 is 0 Å². The second-order valence-corrected chi connectivity index (χ2v) is 3.15. The average Bonchev–Trinajstić information content (AvgIpc) is 2.19. The third-order valence-electron chi connectivity index (χ3n) is 1.88. The van der Waals surface area contributed by atoms with E-state index in [4.69, 9.17) is 0 Å². The quantitative estimate of drug-likeness (QED) is 0.406. The van der Waals surface area contributed by atoms with E-state index in [-0.39, 0.29) is 5.78 Å². The van der Waals surface area contributed by atoms with Crippen LogP contribution in [0.1, 0.15) is 35.4 Å². The van der Waals surface area contributed by atoms with E-state index in [2.05, 4.69) is 16.5 Å². The van der Waals surface area contributed by atoms with Crippen LogP contribution in [0.15, 0.2) is 25.0 Å². The van der Waals surface area contributed by atoms with Crippen LogP contribution in [0.5, 0.6) is 0 Å². The molecule has 1 heterocycles. The van der Waals surface area contributed by atoms with E-state index in [0.717, 1.165) is 18.5 Å². The van der Waals surface area contributed by atoms with Crippen molar-refractivity contribution in [2.45, 2.75) is 26.2 Å². The fourth-order valence-electron chi connectivity index (χ4n) is 1.07. The van der Waals surface area contributed by atoms with Gasteiger partial charge in [0.25, 0.3) is 0 Å². The van der Waals surface area contributed by atoms with Gasteiger partial charge in [0, 0.05) is 12.6 Å². The van der Waals surface area contributed by atoms with Gasteiger partial charge in [-0.05, 0) is 19.8 Å². The summed E-state index contributed by atoms with van der Waals surface area (Å²) in [6, 6.07) is 0. The Bertz CT molecular complexity index is 317. The molecule has 14 heavy (non-hydrogen) atoms. The molecule has 0 aliphatic rings. The lowest BCUT2D eigenvalue weighted by Crippen LogP contribution is -2.02. The van der Waals surface area contributed by atoms with Gasteiger partial charge in [-0.1, -0.05) is 6.08 Å². The fourth-order valence-corrected chi connectivity index (χ4v) is 1.07. The Morgan fingerprint density at radius 1 is 1.50 bits per heavy atom. The van der Waals surface area contributed by atoms with E-state index >= 15 is 0 Å². The smallest absolute Gasteiger partial charge is 0.182 e. The number of rotatable bonds is 5. The molecule has 3 heteroatoms. The first-order valence-corrected chi connectivity index (χ1v) is 4.67. The number of hydrogen-bond donors (Lipinski definition) is 0. The summed E-state index contributed by atoms with van der Waals surface area (Å²) in [5, 5.41) is 0. The maximum Gasteiger partial charge on any atom is 0.182 e. The number of Topliss-reactive ketones (excluding diaryl/α,β-unsaturated/α-hetero) is 1. The summed E-state index contributed by atoms with van der Waals surface area (Å²) >= 11 is 0. The van der Waals surface area contributed by atoms with Gasteiger partial charge in [-0.2, -0.15) is 0 Å². The minimum Gasteiger partial charge on any atom is -0.292 e. The van der Waals surface area contributed by atoms with E-state index in [9.17, 15) is 4.79 Å². The molecule has 3 nitrogen and oxygen atoms in total. The third-order valence-corrected chi connectivity index (χ3v) is 1.88. The van der Waals surface area contributed by atoms with E-state index in [0.29, 0.717) is 12.1 Å². The van der Waals surface area contributed by atoms with Crippen molar-refractivity contribution in [3.8, 4) is 0 Å². The lowest BCUT2D eigenvalue weighted by molar-refractivity contribution is 0.0975. The summed E-state index contributed by atoms with van der Waals surface area (Å²) in [5.74, 6) is 0.0550. The zero-order valence-electron chi connectivity index (χ0n) is 8.36. The van der Waals surface area contributed by atoms with Gasteiger partial charge in [0.05, 0.1) is 11.9 Å². The molecule has 74 valence electrons. The van der Waals surface area contributed by atoms with Crippen LogP contribution in [-0.2, 0) is 0 Å². The Morgan fingerprint density at radius 3 is 2.86 bits per heavy atom. The van der Waals surface area contributed by atoms with Gasteiger partial charge in [0.15, 0.2) is 5.78 Å². The Balaban J connectivity index is 2.52. The lowest BCUT2D eigenvalue weighted by atomic mass is 10.1. The molecule has 1 aromatic rings. The standard InChI is InChI=1S/C11H14N2O/c1-3-4-5-6-11(14)10-8-12-9(2)7-13-10/h3,7-8H,1,4-6H2,2H3. The van der Waals surface area contributed by atoms with Crippen LogP contribution in [0, 0.1) is 6.92 Å². The fraction of sp³-hybridized carbons (Fsp3) is 0.364. The molecule has 0 atom stereocenters. The highest BCUT2D eigenvalue weighted by molar-refractivity contribution is 5.93. The van der Waals surface area contributed by atoms with Crippen LogP contribution in [0.3, 0.4) is 0 Å². The summed E-state index contributed by atoms with van der Waals surface area (Å²) in [6.45, 7) is 5.45. The van der Waals surface area contributed by atoms with Gasteiger partial charge in [-0.3, -0.25) is 9.78 Å². The minimum absolute atomic E-state index is 0.0550. The van der Waals surface area contributed by atoms with Gasteiger partial charge >= 0.3 is 0 Å². The molecule has 0 amide bonds. The maximum absolute atomic E-state index is 11.5. The van der Waals surface area contributed by atoms with Gasteiger partial charge in [-0.25, -0.2) is 4.98 Å². The predicted octanol–water partition coefficient (Wildman–Crippen LogP) is 2.32. The molecular weight excluding hydrogens is 176 g/mol. The Hall–Kier alpha value is -1.51. The number of allylic oxidation sites excluding steroid dienone is 1. The van der Waals surface area contributed by atoms with Crippen molar-refractivity contribution in [3.63, 3.8) is 0 Å². The van der Waals surface area contributed by atoms with Crippen molar-refractivity contribution in [2.75, 3.05) is 0 Å². The van der Waals surface area contributed by atoms with Crippen LogP contribution in [-0.4, -0.2) is 15.8 Å². The first-order chi connectivity index (χ1) is 6.74. The van der Waals surface area contributed by atoms with Crippen molar-refractivity contribution < 1.29 is 4.79 Å². The monoisotopic (exact) mass is 190 g/mol. The summed E-state index contributed by atoms with van der Waals surface area (Å²) in [7, 11) is 0. The molecule has 0 saturated heterocycles. The number of carbonyl (C=O) groups is 1. The van der Waals surface area contributed by atoms with Crippen molar-refractivity contribution >= 4 is 5.78 Å². The maximum atomic E-state index is 11.5.